The van der Waals surface area contributed by atoms with Crippen LogP contribution in [0.15, 0.2) is 146 Å². The first-order valence-corrected chi connectivity index (χ1v) is 19.1. The summed E-state index contributed by atoms with van der Waals surface area (Å²) in [4.78, 5) is 0. The molecular formula is C54H42. The molecular weight excluding hydrogens is 649 g/mol. The van der Waals surface area contributed by atoms with E-state index in [9.17, 15) is 0 Å². The Bertz CT molecular complexity index is 2850. The average molecular weight is 691 g/mol. The predicted octanol–water partition coefficient (Wildman–Crippen LogP) is 15.5. The molecule has 0 aliphatic heterocycles. The molecule has 10 aromatic carbocycles. The Hall–Kier alpha value is -6.24. The Kier molecular flexibility index (Phi) is 7.29. The zero-order valence-corrected chi connectivity index (χ0v) is 31.9. The highest BCUT2D eigenvalue weighted by Crippen LogP contribution is 2.44. The van der Waals surface area contributed by atoms with Gasteiger partial charge in [-0.1, -0.05) is 143 Å². The third-order valence-electron chi connectivity index (χ3n) is 11.7. The van der Waals surface area contributed by atoms with Crippen LogP contribution in [0.1, 0.15) is 33.4 Å². The first-order valence-electron chi connectivity index (χ1n) is 19.1. The molecule has 10 aromatic rings. The number of aryl methyl sites for hydroxylation is 6. The maximum absolute atomic E-state index is 2.45. The summed E-state index contributed by atoms with van der Waals surface area (Å²) in [5.74, 6) is 0. The van der Waals surface area contributed by atoms with Gasteiger partial charge in [-0.25, -0.2) is 0 Å². The third-order valence-corrected chi connectivity index (χ3v) is 11.7. The van der Waals surface area contributed by atoms with E-state index in [1.54, 1.807) is 0 Å². The van der Waals surface area contributed by atoms with Gasteiger partial charge >= 0.3 is 0 Å². The van der Waals surface area contributed by atoms with E-state index in [0.29, 0.717) is 0 Å². The monoisotopic (exact) mass is 690 g/mol. The van der Waals surface area contributed by atoms with Crippen LogP contribution in [0, 0.1) is 41.5 Å². The van der Waals surface area contributed by atoms with Gasteiger partial charge in [-0.05, 0) is 176 Å². The van der Waals surface area contributed by atoms with Crippen molar-refractivity contribution in [2.24, 2.45) is 0 Å². The Labute approximate surface area is 317 Å². The zero-order valence-electron chi connectivity index (χ0n) is 31.9. The standard InChI is InChI=1S/C54H42/c1-31-7-13-37-28-49(43-16-10-34(4)22-52(43)46(37)19-31)40-25-41(50-29-38-14-8-32(2)20-47(38)53-23-35(5)11-17-44(50)53)27-42(26-40)51-30-39-15-9-33(3)21-48(39)54-24-36(6)12-18-45(51)54/h7-30H,1-6H3. The molecule has 0 fully saturated rings. The van der Waals surface area contributed by atoms with Gasteiger partial charge in [0.15, 0.2) is 0 Å². The number of hydrogen-bond acceptors (Lipinski definition) is 0. The summed E-state index contributed by atoms with van der Waals surface area (Å²) >= 11 is 0. The second kappa shape index (κ2) is 12.2. The van der Waals surface area contributed by atoms with Gasteiger partial charge in [-0.15, -0.1) is 0 Å². The van der Waals surface area contributed by atoms with Crippen LogP contribution in [0.2, 0.25) is 0 Å². The van der Waals surface area contributed by atoms with E-state index in [1.165, 1.54) is 131 Å². The predicted molar refractivity (Wildman–Crippen MR) is 236 cm³/mol. The smallest absolute Gasteiger partial charge is 0.00964 e. The van der Waals surface area contributed by atoms with Crippen molar-refractivity contribution in [3.8, 4) is 33.4 Å². The van der Waals surface area contributed by atoms with Crippen LogP contribution in [0.5, 0.6) is 0 Å². The largest absolute Gasteiger partial charge is 0.0587 e. The van der Waals surface area contributed by atoms with E-state index < -0.39 is 0 Å². The van der Waals surface area contributed by atoms with Crippen LogP contribution in [-0.2, 0) is 0 Å². The highest BCUT2D eigenvalue weighted by Gasteiger charge is 2.17. The van der Waals surface area contributed by atoms with Crippen molar-refractivity contribution in [3.63, 3.8) is 0 Å². The molecule has 0 aromatic heterocycles. The van der Waals surface area contributed by atoms with E-state index >= 15 is 0 Å². The summed E-state index contributed by atoms with van der Waals surface area (Å²) in [5, 5.41) is 15.5. The number of benzene rings is 10. The molecule has 0 saturated heterocycles. The summed E-state index contributed by atoms with van der Waals surface area (Å²) in [7, 11) is 0. The first kappa shape index (κ1) is 32.4. The van der Waals surface area contributed by atoms with E-state index in [4.69, 9.17) is 0 Å². The van der Waals surface area contributed by atoms with Gasteiger partial charge in [-0.3, -0.25) is 0 Å². The number of hydrogen-bond donors (Lipinski definition) is 0. The molecule has 0 N–H and O–H groups in total. The van der Waals surface area contributed by atoms with Crippen LogP contribution in [0.4, 0.5) is 0 Å². The average Bonchev–Trinajstić information content (AvgIpc) is 3.17. The zero-order chi connectivity index (χ0) is 36.8. The molecule has 0 heterocycles. The Morgan fingerprint density at radius 3 is 0.722 bits per heavy atom. The van der Waals surface area contributed by atoms with Gasteiger partial charge in [0.25, 0.3) is 0 Å². The molecule has 0 atom stereocenters. The van der Waals surface area contributed by atoms with Gasteiger partial charge in [-0.2, -0.15) is 0 Å². The lowest BCUT2D eigenvalue weighted by atomic mass is 9.85. The quantitative estimate of drug-likeness (QED) is 0.162. The minimum absolute atomic E-state index is 1.23. The molecule has 0 aliphatic carbocycles. The molecule has 0 amide bonds. The second-order valence-electron chi connectivity index (χ2n) is 15.9. The van der Waals surface area contributed by atoms with Crippen molar-refractivity contribution in [3.05, 3.63) is 179 Å². The van der Waals surface area contributed by atoms with Gasteiger partial charge in [0.2, 0.25) is 0 Å². The van der Waals surface area contributed by atoms with E-state index in [2.05, 4.69) is 187 Å². The van der Waals surface area contributed by atoms with Crippen LogP contribution in [0.3, 0.4) is 0 Å². The molecule has 0 spiro atoms. The minimum atomic E-state index is 1.23. The molecule has 0 heteroatoms. The molecule has 0 bridgehead atoms. The van der Waals surface area contributed by atoms with Crippen LogP contribution in [0.25, 0.3) is 98.0 Å². The normalized spacial score (nSPS) is 11.9. The van der Waals surface area contributed by atoms with Crippen LogP contribution >= 0.6 is 0 Å². The summed E-state index contributed by atoms with van der Waals surface area (Å²) in [5.41, 5.74) is 15.1. The summed E-state index contributed by atoms with van der Waals surface area (Å²) in [6, 6.07) is 56.2. The molecule has 0 radical (unpaired) electrons. The van der Waals surface area contributed by atoms with Gasteiger partial charge in [0.05, 0.1) is 0 Å². The Morgan fingerprint density at radius 1 is 0.204 bits per heavy atom. The Balaban J connectivity index is 1.35. The number of rotatable bonds is 3. The molecule has 54 heavy (non-hydrogen) atoms. The lowest BCUT2D eigenvalue weighted by Gasteiger charge is -2.18. The van der Waals surface area contributed by atoms with Crippen LogP contribution < -0.4 is 0 Å². The number of fused-ring (bicyclic) bond motifs is 9. The maximum atomic E-state index is 2.45. The summed E-state index contributed by atoms with van der Waals surface area (Å²) < 4.78 is 0. The minimum Gasteiger partial charge on any atom is -0.0587 e. The summed E-state index contributed by atoms with van der Waals surface area (Å²) in [6.07, 6.45) is 0. The lowest BCUT2D eigenvalue weighted by molar-refractivity contribution is 1.49. The van der Waals surface area contributed by atoms with Crippen molar-refractivity contribution < 1.29 is 0 Å². The molecule has 258 valence electrons. The first-order chi connectivity index (χ1) is 26.2. The molecule has 0 unspecified atom stereocenters. The van der Waals surface area contributed by atoms with E-state index in [1.807, 2.05) is 0 Å². The molecule has 0 saturated carbocycles. The SMILES string of the molecule is Cc1ccc2cc(-c3cc(-c4cc5ccc(C)cc5c5cc(C)ccc45)cc(-c4cc5ccc(C)cc5c5cc(C)ccc45)c3)c3ccc(C)cc3c2c1. The maximum Gasteiger partial charge on any atom is -0.00964 e. The fraction of sp³-hybridized carbons (Fsp3) is 0.111. The topological polar surface area (TPSA) is 0 Å². The van der Waals surface area contributed by atoms with Gasteiger partial charge in [0.1, 0.15) is 0 Å². The second-order valence-corrected chi connectivity index (χ2v) is 15.9. The van der Waals surface area contributed by atoms with E-state index in [0.717, 1.165) is 0 Å². The third kappa shape index (κ3) is 5.28. The van der Waals surface area contributed by atoms with Gasteiger partial charge < -0.3 is 0 Å². The highest BCUT2D eigenvalue weighted by atomic mass is 14.2. The van der Waals surface area contributed by atoms with Crippen LogP contribution in [-0.4, -0.2) is 0 Å². The van der Waals surface area contributed by atoms with Crippen molar-refractivity contribution in [2.45, 2.75) is 41.5 Å². The molecule has 0 aliphatic rings. The summed E-state index contributed by atoms with van der Waals surface area (Å²) in [6.45, 7) is 13.2. The molecule has 0 nitrogen and oxygen atoms in total. The van der Waals surface area contributed by atoms with Gasteiger partial charge in [0, 0.05) is 0 Å². The fourth-order valence-corrected chi connectivity index (χ4v) is 8.95. The van der Waals surface area contributed by atoms with E-state index in [-0.39, 0.29) is 0 Å². The fourth-order valence-electron chi connectivity index (χ4n) is 8.95. The highest BCUT2D eigenvalue weighted by molar-refractivity contribution is 6.18. The van der Waals surface area contributed by atoms with Crippen molar-refractivity contribution in [2.75, 3.05) is 0 Å². The van der Waals surface area contributed by atoms with Crippen molar-refractivity contribution in [1.29, 1.82) is 0 Å². The van der Waals surface area contributed by atoms with Crippen molar-refractivity contribution >= 4 is 64.6 Å². The lowest BCUT2D eigenvalue weighted by Crippen LogP contribution is -1.92. The Morgan fingerprint density at radius 2 is 0.444 bits per heavy atom. The molecule has 10 rings (SSSR count). The van der Waals surface area contributed by atoms with Crippen molar-refractivity contribution in [1.82, 2.24) is 0 Å².